The fraction of sp³-hybridized carbons (Fsp3) is 0.400. The lowest BCUT2D eigenvalue weighted by atomic mass is 10.00. The standard InChI is InChI=1S/C30H37ClN6O2/c1-21-19-27(31)34-23(3)28(21)29(38)33-16-9-22(2)36-17-12-26(13-18-36)37(20-24-7-5-4-6-8-24)30(39)35-25-10-14-32-15-11-25/h4-8,10-11,14-15,19,22,26H,9,12-13,16-18,20H2,1-3H3,(H,33,38)(H,32,35,39)/t22-/m1/s1. The zero-order valence-corrected chi connectivity index (χ0v) is 23.6. The Kier molecular flexibility index (Phi) is 9.90. The molecule has 1 fully saturated rings. The number of aromatic nitrogens is 2. The third-order valence-corrected chi connectivity index (χ3v) is 7.59. The average molecular weight is 549 g/mol. The van der Waals surface area contributed by atoms with Crippen LogP contribution in [0.1, 0.15) is 53.4 Å². The number of anilines is 1. The van der Waals surface area contributed by atoms with Crippen LogP contribution in [0, 0.1) is 13.8 Å². The van der Waals surface area contributed by atoms with Gasteiger partial charge in [-0.3, -0.25) is 9.78 Å². The molecule has 0 spiro atoms. The number of carbonyl (C=O) groups is 2. The van der Waals surface area contributed by atoms with E-state index in [-0.39, 0.29) is 18.0 Å². The van der Waals surface area contributed by atoms with Gasteiger partial charge in [-0.1, -0.05) is 41.9 Å². The monoisotopic (exact) mass is 548 g/mol. The number of carbonyl (C=O) groups excluding carboxylic acids is 2. The first-order valence-electron chi connectivity index (χ1n) is 13.5. The van der Waals surface area contributed by atoms with Crippen LogP contribution in [0.4, 0.5) is 10.5 Å². The Bertz CT molecular complexity index is 1230. The Morgan fingerprint density at radius 3 is 2.46 bits per heavy atom. The maximum atomic E-state index is 13.3. The van der Waals surface area contributed by atoms with Crippen molar-refractivity contribution in [2.45, 2.75) is 58.7 Å². The number of rotatable bonds is 9. The largest absolute Gasteiger partial charge is 0.352 e. The van der Waals surface area contributed by atoms with Crippen LogP contribution in [0.3, 0.4) is 0 Å². The van der Waals surface area contributed by atoms with Gasteiger partial charge < -0.3 is 20.4 Å². The van der Waals surface area contributed by atoms with E-state index >= 15 is 0 Å². The van der Waals surface area contributed by atoms with Crippen molar-refractivity contribution in [2.24, 2.45) is 0 Å². The second-order valence-corrected chi connectivity index (χ2v) is 10.5. The molecule has 1 aliphatic heterocycles. The quantitative estimate of drug-likeness (QED) is 0.347. The highest BCUT2D eigenvalue weighted by atomic mass is 35.5. The fourth-order valence-electron chi connectivity index (χ4n) is 5.21. The van der Waals surface area contributed by atoms with E-state index in [0.29, 0.717) is 35.5 Å². The predicted octanol–water partition coefficient (Wildman–Crippen LogP) is 5.45. The molecule has 3 aromatic rings. The van der Waals surface area contributed by atoms with E-state index in [2.05, 4.69) is 44.6 Å². The molecule has 1 aliphatic rings. The first-order chi connectivity index (χ1) is 18.8. The Labute approximate surface area is 235 Å². The van der Waals surface area contributed by atoms with E-state index in [4.69, 9.17) is 11.6 Å². The molecule has 0 unspecified atom stereocenters. The minimum absolute atomic E-state index is 0.0958. The zero-order valence-electron chi connectivity index (χ0n) is 22.9. The summed E-state index contributed by atoms with van der Waals surface area (Å²) in [6.45, 7) is 8.81. The number of likely N-dealkylation sites (tertiary alicyclic amines) is 1. The number of nitrogens with zero attached hydrogens (tertiary/aromatic N) is 4. The highest BCUT2D eigenvalue weighted by molar-refractivity contribution is 6.29. The van der Waals surface area contributed by atoms with Gasteiger partial charge >= 0.3 is 6.03 Å². The minimum atomic E-state index is -0.114. The molecule has 2 aromatic heterocycles. The summed E-state index contributed by atoms with van der Waals surface area (Å²) in [5, 5.41) is 6.48. The molecule has 1 saturated heterocycles. The highest BCUT2D eigenvalue weighted by Gasteiger charge is 2.30. The fourth-order valence-corrected chi connectivity index (χ4v) is 5.50. The molecule has 8 nitrogen and oxygen atoms in total. The molecule has 206 valence electrons. The number of pyridine rings is 2. The lowest BCUT2D eigenvalue weighted by molar-refractivity contribution is 0.0918. The molecule has 0 aliphatic carbocycles. The van der Waals surface area contributed by atoms with Gasteiger partial charge in [-0.15, -0.1) is 0 Å². The van der Waals surface area contributed by atoms with Gasteiger partial charge in [0, 0.05) is 56.3 Å². The van der Waals surface area contributed by atoms with E-state index in [9.17, 15) is 9.59 Å². The molecule has 3 amide bonds. The average Bonchev–Trinajstić information content (AvgIpc) is 2.92. The number of hydrogen-bond acceptors (Lipinski definition) is 5. The minimum Gasteiger partial charge on any atom is -0.352 e. The van der Waals surface area contributed by atoms with Gasteiger partial charge in [0.1, 0.15) is 5.15 Å². The Balaban J connectivity index is 1.31. The van der Waals surface area contributed by atoms with Crippen LogP contribution < -0.4 is 10.6 Å². The van der Waals surface area contributed by atoms with Gasteiger partial charge in [0.2, 0.25) is 0 Å². The molecule has 0 radical (unpaired) electrons. The summed E-state index contributed by atoms with van der Waals surface area (Å²) in [5.74, 6) is -0.114. The maximum Gasteiger partial charge on any atom is 0.322 e. The van der Waals surface area contributed by atoms with E-state index in [1.807, 2.05) is 30.0 Å². The summed E-state index contributed by atoms with van der Waals surface area (Å²) < 4.78 is 0. The maximum absolute atomic E-state index is 13.3. The van der Waals surface area contributed by atoms with Crippen LogP contribution in [0.5, 0.6) is 0 Å². The first kappa shape index (κ1) is 28.5. The topological polar surface area (TPSA) is 90.5 Å². The smallest absolute Gasteiger partial charge is 0.322 e. The van der Waals surface area contributed by atoms with Crippen molar-refractivity contribution in [3.63, 3.8) is 0 Å². The molecule has 1 atom stereocenters. The molecule has 1 aromatic carbocycles. The van der Waals surface area contributed by atoms with E-state index < -0.39 is 0 Å². The van der Waals surface area contributed by atoms with Crippen LogP contribution >= 0.6 is 11.6 Å². The van der Waals surface area contributed by atoms with Crippen molar-refractivity contribution < 1.29 is 9.59 Å². The van der Waals surface area contributed by atoms with E-state index in [1.165, 1.54) is 0 Å². The second-order valence-electron chi connectivity index (χ2n) is 10.2. The van der Waals surface area contributed by atoms with Crippen LogP contribution in [0.25, 0.3) is 0 Å². The number of halogens is 1. The van der Waals surface area contributed by atoms with Crippen molar-refractivity contribution in [1.29, 1.82) is 0 Å². The molecule has 0 saturated carbocycles. The van der Waals surface area contributed by atoms with Crippen molar-refractivity contribution in [2.75, 3.05) is 25.0 Å². The number of nitrogens with one attached hydrogen (secondary N) is 2. The predicted molar refractivity (Wildman–Crippen MR) is 155 cm³/mol. The summed E-state index contributed by atoms with van der Waals surface area (Å²) in [5.41, 5.74) is 3.90. The Morgan fingerprint density at radius 1 is 1.10 bits per heavy atom. The Morgan fingerprint density at radius 2 is 1.79 bits per heavy atom. The Hall–Kier alpha value is -3.49. The molecular formula is C30H37ClN6O2. The number of hydrogen-bond donors (Lipinski definition) is 2. The van der Waals surface area contributed by atoms with Gasteiger partial charge in [0.15, 0.2) is 0 Å². The normalized spacial score (nSPS) is 15.0. The summed E-state index contributed by atoms with van der Waals surface area (Å²) in [6, 6.07) is 15.8. The number of aryl methyl sites for hydroxylation is 2. The number of benzene rings is 1. The molecule has 3 heterocycles. The SMILES string of the molecule is Cc1cc(Cl)nc(C)c1C(=O)NCC[C@@H](C)N1CCC(N(Cc2ccccc2)C(=O)Nc2ccncc2)CC1. The van der Waals surface area contributed by atoms with E-state index in [1.54, 1.807) is 37.5 Å². The van der Waals surface area contributed by atoms with Gasteiger partial charge in [0.05, 0.1) is 11.3 Å². The van der Waals surface area contributed by atoms with Gasteiger partial charge in [-0.2, -0.15) is 0 Å². The lowest BCUT2D eigenvalue weighted by Crippen LogP contribution is -2.50. The molecule has 0 bridgehead atoms. The summed E-state index contributed by atoms with van der Waals surface area (Å²) in [6.07, 6.45) is 5.97. The molecule has 4 rings (SSSR count). The van der Waals surface area contributed by atoms with Crippen molar-refractivity contribution in [3.8, 4) is 0 Å². The summed E-state index contributed by atoms with van der Waals surface area (Å²) in [4.78, 5) is 38.8. The zero-order chi connectivity index (χ0) is 27.8. The number of piperidine rings is 1. The van der Waals surface area contributed by atoms with Crippen molar-refractivity contribution >= 4 is 29.2 Å². The van der Waals surface area contributed by atoms with Crippen LogP contribution in [-0.4, -0.2) is 63.4 Å². The molecule has 39 heavy (non-hydrogen) atoms. The van der Waals surface area contributed by atoms with Crippen molar-refractivity contribution in [3.05, 3.63) is 88.5 Å². The second kappa shape index (κ2) is 13.5. The van der Waals surface area contributed by atoms with Gasteiger partial charge in [0.25, 0.3) is 5.91 Å². The summed E-state index contributed by atoms with van der Waals surface area (Å²) in [7, 11) is 0. The molecule has 9 heteroatoms. The third-order valence-electron chi connectivity index (χ3n) is 7.39. The third kappa shape index (κ3) is 7.77. The van der Waals surface area contributed by atoms with Gasteiger partial charge in [-0.05, 0) is 69.4 Å². The van der Waals surface area contributed by atoms with Crippen molar-refractivity contribution in [1.82, 2.24) is 25.1 Å². The number of urea groups is 1. The van der Waals surface area contributed by atoms with Crippen LogP contribution in [0.2, 0.25) is 5.15 Å². The number of amides is 3. The van der Waals surface area contributed by atoms with Crippen LogP contribution in [0.15, 0.2) is 60.9 Å². The highest BCUT2D eigenvalue weighted by Crippen LogP contribution is 2.23. The van der Waals surface area contributed by atoms with Gasteiger partial charge in [-0.25, -0.2) is 9.78 Å². The van der Waals surface area contributed by atoms with E-state index in [0.717, 1.165) is 49.2 Å². The molecule has 2 N–H and O–H groups in total. The summed E-state index contributed by atoms with van der Waals surface area (Å²) >= 11 is 6.01. The molecular weight excluding hydrogens is 512 g/mol. The first-order valence-corrected chi connectivity index (χ1v) is 13.9. The van der Waals surface area contributed by atoms with Crippen LogP contribution in [-0.2, 0) is 6.54 Å². The lowest BCUT2D eigenvalue weighted by Gasteiger charge is -2.40.